The number of rotatable bonds is 5. The smallest absolute Gasteiger partial charge is 0.173 e. The van der Waals surface area contributed by atoms with Crippen LogP contribution < -0.4 is 4.72 Å². The zero-order chi connectivity index (χ0) is 19.5. The molecule has 2 unspecified atom stereocenters. The number of aryl methyl sites for hydroxylation is 1. The van der Waals surface area contributed by atoms with E-state index in [1.807, 2.05) is 43.0 Å². The predicted molar refractivity (Wildman–Crippen MR) is 119 cm³/mol. The summed E-state index contributed by atoms with van der Waals surface area (Å²) in [7, 11) is 0. The fraction of sp³-hybridized carbons (Fsp3) is 0.250. The van der Waals surface area contributed by atoms with Crippen molar-refractivity contribution in [3.8, 4) is 0 Å². The van der Waals surface area contributed by atoms with Crippen LogP contribution in [-0.4, -0.2) is 10.6 Å². The van der Waals surface area contributed by atoms with E-state index in [4.69, 9.17) is 0 Å². The minimum Gasteiger partial charge on any atom is -0.593 e. The Labute approximate surface area is 175 Å². The molecule has 0 amide bonds. The number of nitrogens with one attached hydrogen (secondary N) is 1. The van der Waals surface area contributed by atoms with Gasteiger partial charge in [0, 0.05) is 16.6 Å². The molecule has 0 radical (unpaired) electrons. The molecule has 0 saturated carbocycles. The van der Waals surface area contributed by atoms with E-state index in [1.165, 1.54) is 27.1 Å². The number of hydrogen-bond acceptors (Lipinski definition) is 3. The van der Waals surface area contributed by atoms with Gasteiger partial charge in [-0.1, -0.05) is 67.1 Å². The molecule has 0 bridgehead atoms. The maximum Gasteiger partial charge on any atom is 0.173 e. The Hall–Kier alpha value is -1.72. The minimum atomic E-state index is -1.24. The quantitative estimate of drug-likeness (QED) is 0.541. The molecule has 0 fully saturated rings. The number of hydrogen-bond donors (Lipinski definition) is 1. The molecular weight excluding hydrogens is 382 g/mol. The first-order chi connectivity index (χ1) is 13.7. The van der Waals surface area contributed by atoms with Crippen LogP contribution in [0.5, 0.6) is 0 Å². The Balaban J connectivity index is 1.71. The van der Waals surface area contributed by atoms with Crippen molar-refractivity contribution < 1.29 is 4.55 Å². The molecule has 0 spiro atoms. The Kier molecular flexibility index (Phi) is 6.12. The maximum atomic E-state index is 13.1. The van der Waals surface area contributed by atoms with E-state index in [0.717, 1.165) is 17.1 Å². The summed E-state index contributed by atoms with van der Waals surface area (Å²) in [5.41, 5.74) is 5.23. The lowest BCUT2D eigenvalue weighted by molar-refractivity contribution is 0.501. The first kappa shape index (κ1) is 19.6. The van der Waals surface area contributed by atoms with Crippen molar-refractivity contribution in [2.45, 2.75) is 47.8 Å². The second-order valence-electron chi connectivity index (χ2n) is 7.22. The molecule has 3 atom stereocenters. The van der Waals surface area contributed by atoms with Gasteiger partial charge in [0.05, 0.1) is 17.4 Å². The van der Waals surface area contributed by atoms with Crippen molar-refractivity contribution in [2.24, 2.45) is 0 Å². The van der Waals surface area contributed by atoms with Crippen LogP contribution in [-0.2, 0) is 17.1 Å². The van der Waals surface area contributed by atoms with Crippen LogP contribution in [0.4, 0.5) is 0 Å². The summed E-state index contributed by atoms with van der Waals surface area (Å²) >= 11 is 0.658. The average Bonchev–Trinajstić information content (AvgIpc) is 2.89. The van der Waals surface area contributed by atoms with Crippen LogP contribution in [0.25, 0.3) is 0 Å². The van der Waals surface area contributed by atoms with E-state index < -0.39 is 11.4 Å². The molecule has 1 heterocycles. The Morgan fingerprint density at radius 2 is 1.68 bits per heavy atom. The molecule has 1 aliphatic rings. The molecule has 1 aliphatic heterocycles. The first-order valence-corrected chi connectivity index (χ1v) is 11.8. The highest BCUT2D eigenvalue weighted by molar-refractivity contribution is 7.98. The van der Waals surface area contributed by atoms with Crippen LogP contribution in [0, 0.1) is 6.92 Å². The summed E-state index contributed by atoms with van der Waals surface area (Å²) in [4.78, 5) is 2.15. The number of benzene rings is 3. The van der Waals surface area contributed by atoms with Crippen LogP contribution in [0.3, 0.4) is 0 Å². The normalized spacial score (nSPS) is 17.9. The topological polar surface area (TPSA) is 35.1 Å². The molecule has 0 aromatic heterocycles. The van der Waals surface area contributed by atoms with Gasteiger partial charge in [-0.15, -0.1) is 16.5 Å². The van der Waals surface area contributed by atoms with Crippen LogP contribution in [0.2, 0.25) is 0 Å². The van der Waals surface area contributed by atoms with Gasteiger partial charge in [0.15, 0.2) is 4.90 Å². The van der Waals surface area contributed by atoms with E-state index in [1.54, 1.807) is 0 Å². The van der Waals surface area contributed by atoms with Crippen LogP contribution in [0.15, 0.2) is 82.6 Å². The fourth-order valence-corrected chi connectivity index (χ4v) is 6.06. The third-order valence-corrected chi connectivity index (χ3v) is 7.72. The lowest BCUT2D eigenvalue weighted by Crippen LogP contribution is -2.39. The predicted octanol–water partition coefficient (Wildman–Crippen LogP) is 5.82. The lowest BCUT2D eigenvalue weighted by Gasteiger charge is -2.29. The second kappa shape index (κ2) is 8.75. The molecule has 3 aromatic carbocycles. The zero-order valence-electron chi connectivity index (χ0n) is 16.2. The monoisotopic (exact) mass is 407 g/mol. The number of thioether (sulfide) groups is 1. The average molecular weight is 408 g/mol. The molecule has 0 saturated heterocycles. The fourth-order valence-electron chi connectivity index (χ4n) is 3.85. The van der Waals surface area contributed by atoms with Gasteiger partial charge >= 0.3 is 0 Å². The van der Waals surface area contributed by atoms with E-state index in [9.17, 15) is 4.55 Å². The first-order valence-electron chi connectivity index (χ1n) is 9.71. The van der Waals surface area contributed by atoms with Gasteiger partial charge in [-0.05, 0) is 48.2 Å². The van der Waals surface area contributed by atoms with Gasteiger partial charge in [0.25, 0.3) is 0 Å². The van der Waals surface area contributed by atoms with Crippen LogP contribution >= 0.6 is 11.8 Å². The van der Waals surface area contributed by atoms with Gasteiger partial charge in [-0.25, -0.2) is 0 Å². The molecule has 1 N–H and O–H groups in total. The summed E-state index contributed by atoms with van der Waals surface area (Å²) < 4.78 is 16.5. The maximum absolute atomic E-state index is 13.1. The molecule has 28 heavy (non-hydrogen) atoms. The Bertz CT molecular complexity index is 894. The third kappa shape index (κ3) is 4.01. The summed E-state index contributed by atoms with van der Waals surface area (Å²) in [6.07, 6.45) is 0.898. The van der Waals surface area contributed by atoms with Gasteiger partial charge in [0.2, 0.25) is 0 Å². The summed E-state index contributed by atoms with van der Waals surface area (Å²) in [5.74, 6) is 1.16. The largest absolute Gasteiger partial charge is 0.593 e. The lowest BCUT2D eigenvalue weighted by atomic mass is 9.82. The molecule has 4 rings (SSSR count). The van der Waals surface area contributed by atoms with Crippen molar-refractivity contribution in [1.82, 2.24) is 4.72 Å². The van der Waals surface area contributed by atoms with Crippen molar-refractivity contribution >= 4 is 23.1 Å². The summed E-state index contributed by atoms with van der Waals surface area (Å²) in [6, 6.07) is 25.4. The van der Waals surface area contributed by atoms with Crippen LogP contribution in [0.1, 0.15) is 41.5 Å². The van der Waals surface area contributed by atoms with Gasteiger partial charge in [-0.3, -0.25) is 0 Å². The van der Waals surface area contributed by atoms with Crippen molar-refractivity contribution in [3.05, 3.63) is 95.1 Å². The molecule has 144 valence electrons. The standard InChI is InChI=1S/C24H25NOS2/c1-3-22(25-28(26)19-14-12-17(2)13-15-19)24-20-9-5-4-8-18(20)16-27-23-11-7-6-10-21(23)24/h4-15,22,24-25H,3,16H2,1-2H3/t22-,24?,28?/m1/s1. The number of fused-ring (bicyclic) bond motifs is 2. The molecule has 4 heteroatoms. The molecule has 3 aromatic rings. The highest BCUT2D eigenvalue weighted by atomic mass is 32.2. The molecular formula is C24H25NOS2. The van der Waals surface area contributed by atoms with E-state index in [2.05, 4.69) is 60.2 Å². The highest BCUT2D eigenvalue weighted by Gasteiger charge is 2.32. The summed E-state index contributed by atoms with van der Waals surface area (Å²) in [5, 5.41) is 0. The van der Waals surface area contributed by atoms with E-state index >= 15 is 0 Å². The third-order valence-electron chi connectivity index (χ3n) is 5.36. The molecule has 2 nitrogen and oxygen atoms in total. The second-order valence-corrected chi connectivity index (χ2v) is 9.48. The van der Waals surface area contributed by atoms with Gasteiger partial charge in [-0.2, -0.15) is 0 Å². The van der Waals surface area contributed by atoms with Crippen molar-refractivity contribution in [1.29, 1.82) is 0 Å². The minimum absolute atomic E-state index is 0.0862. The molecule has 0 aliphatic carbocycles. The van der Waals surface area contributed by atoms with Gasteiger partial charge in [0.1, 0.15) is 0 Å². The SMILES string of the molecule is CC[C@@H](N[S+]([O-])c1ccc(C)cc1)C1c2ccccc2CSc2ccccc21. The Morgan fingerprint density at radius 1 is 1.00 bits per heavy atom. The Morgan fingerprint density at radius 3 is 2.43 bits per heavy atom. The van der Waals surface area contributed by atoms with E-state index in [-0.39, 0.29) is 12.0 Å². The highest BCUT2D eigenvalue weighted by Crippen LogP contribution is 2.42. The summed E-state index contributed by atoms with van der Waals surface area (Å²) in [6.45, 7) is 4.22. The van der Waals surface area contributed by atoms with Crippen molar-refractivity contribution in [3.63, 3.8) is 0 Å². The van der Waals surface area contributed by atoms with Gasteiger partial charge < -0.3 is 4.55 Å². The van der Waals surface area contributed by atoms with E-state index in [0.29, 0.717) is 0 Å². The zero-order valence-corrected chi connectivity index (χ0v) is 17.9. The van der Waals surface area contributed by atoms with Crippen molar-refractivity contribution in [2.75, 3.05) is 0 Å².